The Morgan fingerprint density at radius 2 is 2.33 bits per heavy atom. The van der Waals surface area contributed by atoms with E-state index in [2.05, 4.69) is 5.32 Å². The average Bonchev–Trinajstić information content (AvgIpc) is 2.18. The SMILES string of the molecule is N#Cc1ccc(NC(=O)CCN)cc1Cl. The summed E-state index contributed by atoms with van der Waals surface area (Å²) < 4.78 is 0. The molecule has 0 bridgehead atoms. The van der Waals surface area contributed by atoms with Gasteiger partial charge in [0, 0.05) is 18.7 Å². The number of hydrogen-bond acceptors (Lipinski definition) is 3. The molecule has 0 saturated heterocycles. The molecule has 0 atom stereocenters. The van der Waals surface area contributed by atoms with Crippen molar-refractivity contribution in [2.45, 2.75) is 6.42 Å². The van der Waals surface area contributed by atoms with E-state index in [0.717, 1.165) is 0 Å². The summed E-state index contributed by atoms with van der Waals surface area (Å²) in [6, 6.07) is 6.65. The molecule has 0 aliphatic heterocycles. The van der Waals surface area contributed by atoms with Gasteiger partial charge in [0.15, 0.2) is 0 Å². The monoisotopic (exact) mass is 223 g/mol. The standard InChI is InChI=1S/C10H10ClN3O/c11-9-5-8(2-1-7(9)6-13)14-10(15)3-4-12/h1-2,5H,3-4,12H2,(H,14,15). The van der Waals surface area contributed by atoms with E-state index in [0.29, 0.717) is 22.8 Å². The minimum atomic E-state index is -0.168. The molecule has 0 saturated carbocycles. The van der Waals surface area contributed by atoms with Crippen LogP contribution in [0.3, 0.4) is 0 Å². The van der Waals surface area contributed by atoms with Crippen LogP contribution in [0.1, 0.15) is 12.0 Å². The number of benzene rings is 1. The van der Waals surface area contributed by atoms with E-state index in [4.69, 9.17) is 22.6 Å². The normalized spacial score (nSPS) is 9.40. The van der Waals surface area contributed by atoms with Crippen molar-refractivity contribution in [1.82, 2.24) is 0 Å². The Balaban J connectivity index is 2.76. The lowest BCUT2D eigenvalue weighted by Gasteiger charge is -2.04. The summed E-state index contributed by atoms with van der Waals surface area (Å²) in [6.07, 6.45) is 0.262. The zero-order valence-electron chi connectivity index (χ0n) is 7.96. The maximum atomic E-state index is 11.2. The van der Waals surface area contributed by atoms with Crippen LogP contribution in [0.5, 0.6) is 0 Å². The molecule has 1 rings (SSSR count). The van der Waals surface area contributed by atoms with Gasteiger partial charge >= 0.3 is 0 Å². The zero-order chi connectivity index (χ0) is 11.3. The van der Waals surface area contributed by atoms with Crippen LogP contribution in [0, 0.1) is 11.3 Å². The zero-order valence-corrected chi connectivity index (χ0v) is 8.71. The molecule has 78 valence electrons. The van der Waals surface area contributed by atoms with Crippen LogP contribution < -0.4 is 11.1 Å². The van der Waals surface area contributed by atoms with Gasteiger partial charge in [0.25, 0.3) is 0 Å². The number of halogens is 1. The van der Waals surface area contributed by atoms with Gasteiger partial charge in [-0.1, -0.05) is 11.6 Å². The minimum Gasteiger partial charge on any atom is -0.330 e. The fraction of sp³-hybridized carbons (Fsp3) is 0.200. The first-order valence-corrected chi connectivity index (χ1v) is 4.74. The molecule has 0 radical (unpaired) electrons. The lowest BCUT2D eigenvalue weighted by molar-refractivity contribution is -0.116. The number of nitrogens with one attached hydrogen (secondary N) is 1. The van der Waals surface area contributed by atoms with Crippen LogP contribution in [-0.4, -0.2) is 12.5 Å². The Labute approximate surface area is 92.6 Å². The van der Waals surface area contributed by atoms with Crippen molar-refractivity contribution >= 4 is 23.2 Å². The van der Waals surface area contributed by atoms with E-state index in [9.17, 15) is 4.79 Å². The third-order valence-corrected chi connectivity index (χ3v) is 2.06. The lowest BCUT2D eigenvalue weighted by atomic mass is 10.2. The lowest BCUT2D eigenvalue weighted by Crippen LogP contribution is -2.16. The number of carbonyl (C=O) groups excluding carboxylic acids is 1. The summed E-state index contributed by atoms with van der Waals surface area (Å²) in [4.78, 5) is 11.2. The first kappa shape index (κ1) is 11.5. The molecule has 15 heavy (non-hydrogen) atoms. The fourth-order valence-electron chi connectivity index (χ4n) is 1.04. The van der Waals surface area contributed by atoms with Crippen LogP contribution >= 0.6 is 11.6 Å². The second-order valence-electron chi connectivity index (χ2n) is 2.89. The van der Waals surface area contributed by atoms with Crippen molar-refractivity contribution in [3.8, 4) is 6.07 Å². The smallest absolute Gasteiger partial charge is 0.225 e. The van der Waals surface area contributed by atoms with Crippen molar-refractivity contribution in [3.63, 3.8) is 0 Å². The molecule has 0 spiro atoms. The second kappa shape index (κ2) is 5.35. The summed E-state index contributed by atoms with van der Waals surface area (Å²) in [5.74, 6) is -0.168. The Morgan fingerprint density at radius 1 is 1.60 bits per heavy atom. The molecule has 0 aliphatic rings. The molecule has 1 aromatic rings. The highest BCUT2D eigenvalue weighted by atomic mass is 35.5. The summed E-state index contributed by atoms with van der Waals surface area (Å²) in [5.41, 5.74) is 6.18. The van der Waals surface area contributed by atoms with Crippen LogP contribution in [-0.2, 0) is 4.79 Å². The highest BCUT2D eigenvalue weighted by Crippen LogP contribution is 2.20. The molecule has 1 amide bonds. The first-order chi connectivity index (χ1) is 7.17. The Bertz CT molecular complexity index is 412. The molecule has 0 heterocycles. The topological polar surface area (TPSA) is 78.9 Å². The van der Waals surface area contributed by atoms with Crippen molar-refractivity contribution < 1.29 is 4.79 Å². The molecule has 0 fully saturated rings. The minimum absolute atomic E-state index is 0.168. The van der Waals surface area contributed by atoms with Crippen LogP contribution in [0.15, 0.2) is 18.2 Å². The molecule has 0 aliphatic carbocycles. The van der Waals surface area contributed by atoms with Crippen LogP contribution in [0.4, 0.5) is 5.69 Å². The maximum absolute atomic E-state index is 11.2. The van der Waals surface area contributed by atoms with Gasteiger partial charge in [0.1, 0.15) is 6.07 Å². The van der Waals surface area contributed by atoms with Gasteiger partial charge in [-0.05, 0) is 18.2 Å². The highest BCUT2D eigenvalue weighted by Gasteiger charge is 2.04. The van der Waals surface area contributed by atoms with Gasteiger partial charge in [-0.25, -0.2) is 0 Å². The number of hydrogen-bond donors (Lipinski definition) is 2. The summed E-state index contributed by atoms with van der Waals surface area (Å²) in [5, 5.41) is 11.6. The highest BCUT2D eigenvalue weighted by molar-refractivity contribution is 6.32. The van der Waals surface area contributed by atoms with E-state index < -0.39 is 0 Å². The van der Waals surface area contributed by atoms with Crippen molar-refractivity contribution in [2.75, 3.05) is 11.9 Å². The molecule has 3 N–H and O–H groups in total. The second-order valence-corrected chi connectivity index (χ2v) is 3.30. The number of nitrogens with two attached hydrogens (primary N) is 1. The largest absolute Gasteiger partial charge is 0.330 e. The summed E-state index contributed by atoms with van der Waals surface area (Å²) in [6.45, 7) is 0.301. The van der Waals surface area contributed by atoms with E-state index in [1.807, 2.05) is 6.07 Å². The van der Waals surface area contributed by atoms with Crippen molar-refractivity contribution in [2.24, 2.45) is 5.73 Å². The van der Waals surface area contributed by atoms with E-state index >= 15 is 0 Å². The molecule has 4 nitrogen and oxygen atoms in total. The van der Waals surface area contributed by atoms with Crippen LogP contribution in [0.2, 0.25) is 5.02 Å². The number of amides is 1. The number of rotatable bonds is 3. The predicted molar refractivity (Wildman–Crippen MR) is 58.5 cm³/mol. The predicted octanol–water partition coefficient (Wildman–Crippen LogP) is 1.50. The van der Waals surface area contributed by atoms with E-state index in [1.165, 1.54) is 6.07 Å². The number of carbonyl (C=O) groups is 1. The molecule has 5 heteroatoms. The van der Waals surface area contributed by atoms with E-state index in [1.54, 1.807) is 12.1 Å². The van der Waals surface area contributed by atoms with Crippen LogP contribution in [0.25, 0.3) is 0 Å². The van der Waals surface area contributed by atoms with Crippen molar-refractivity contribution in [3.05, 3.63) is 28.8 Å². The van der Waals surface area contributed by atoms with Gasteiger partial charge in [-0.2, -0.15) is 5.26 Å². The molecular weight excluding hydrogens is 214 g/mol. The van der Waals surface area contributed by atoms with Gasteiger partial charge in [0.2, 0.25) is 5.91 Å². The summed E-state index contributed by atoms with van der Waals surface area (Å²) >= 11 is 5.79. The number of nitriles is 1. The number of nitrogens with zero attached hydrogens (tertiary/aromatic N) is 1. The average molecular weight is 224 g/mol. The first-order valence-electron chi connectivity index (χ1n) is 4.37. The van der Waals surface area contributed by atoms with Gasteiger partial charge < -0.3 is 11.1 Å². The molecule has 0 aromatic heterocycles. The fourth-order valence-corrected chi connectivity index (χ4v) is 1.26. The summed E-state index contributed by atoms with van der Waals surface area (Å²) in [7, 11) is 0. The van der Waals surface area contributed by atoms with Gasteiger partial charge in [0.05, 0.1) is 10.6 Å². The third kappa shape index (κ3) is 3.24. The quantitative estimate of drug-likeness (QED) is 0.815. The Hall–Kier alpha value is -1.57. The maximum Gasteiger partial charge on any atom is 0.225 e. The number of anilines is 1. The van der Waals surface area contributed by atoms with Gasteiger partial charge in [-0.3, -0.25) is 4.79 Å². The Morgan fingerprint density at radius 3 is 2.87 bits per heavy atom. The molecule has 0 unspecified atom stereocenters. The van der Waals surface area contributed by atoms with E-state index in [-0.39, 0.29) is 12.3 Å². The molecule has 1 aromatic carbocycles. The van der Waals surface area contributed by atoms with Crippen molar-refractivity contribution in [1.29, 1.82) is 5.26 Å². The molecular formula is C10H10ClN3O. The third-order valence-electron chi connectivity index (χ3n) is 1.74. The van der Waals surface area contributed by atoms with Gasteiger partial charge in [-0.15, -0.1) is 0 Å². The Kier molecular flexibility index (Phi) is 4.10.